The van der Waals surface area contributed by atoms with Crippen molar-refractivity contribution in [3.63, 3.8) is 0 Å². The Labute approximate surface area is 313 Å². The van der Waals surface area contributed by atoms with Crippen LogP contribution < -0.4 is 0 Å². The molecule has 0 amide bonds. The van der Waals surface area contributed by atoms with E-state index in [9.17, 15) is 0 Å². The molecule has 1 aliphatic rings. The third-order valence-electron chi connectivity index (χ3n) is 11.6. The van der Waals surface area contributed by atoms with Crippen LogP contribution in [0.4, 0.5) is 0 Å². The van der Waals surface area contributed by atoms with Crippen LogP contribution >= 0.6 is 0 Å². The van der Waals surface area contributed by atoms with Crippen LogP contribution in [0.15, 0.2) is 176 Å². The van der Waals surface area contributed by atoms with E-state index >= 15 is 0 Å². The van der Waals surface area contributed by atoms with Gasteiger partial charge in [-0.05, 0) is 91.7 Å². The molecule has 0 N–H and O–H groups in total. The Morgan fingerprint density at radius 1 is 0.407 bits per heavy atom. The van der Waals surface area contributed by atoms with Gasteiger partial charge in [-0.1, -0.05) is 153 Å². The lowest BCUT2D eigenvalue weighted by molar-refractivity contribution is 0.660. The Hall–Kier alpha value is -6.84. The van der Waals surface area contributed by atoms with E-state index in [4.69, 9.17) is 9.97 Å². The molecular weight excluding hydrogens is 655 g/mol. The van der Waals surface area contributed by atoms with Crippen molar-refractivity contribution in [1.29, 1.82) is 0 Å². The lowest BCUT2D eigenvalue weighted by Crippen LogP contribution is -2.14. The zero-order valence-electron chi connectivity index (χ0n) is 30.1. The fourth-order valence-corrected chi connectivity index (χ4v) is 8.93. The molecule has 0 fully saturated rings. The molecule has 2 heterocycles. The molecule has 0 bridgehead atoms. The summed E-state index contributed by atoms with van der Waals surface area (Å²) in [5.41, 5.74) is 14.9. The highest BCUT2D eigenvalue weighted by atomic mass is 15.2. The molecule has 0 saturated heterocycles. The molecule has 0 aliphatic heterocycles. The highest BCUT2D eigenvalue weighted by Gasteiger charge is 2.35. The standard InChI is InChI=1S/C51H35N3/c1-51(2)44-23-13-11-21-37(44)41-28-36(25-26-45(41)51)49-43-30-39(32-15-5-3-6-16-32)40(33-17-7-4-8-18-33)31-46(43)52-50(53-49)54-47-24-14-12-22-38(47)42-27-34-19-9-10-20-35(34)29-48(42)54/h3-31H,1-2H3. The highest BCUT2D eigenvalue weighted by molar-refractivity contribution is 6.13. The predicted molar refractivity (Wildman–Crippen MR) is 225 cm³/mol. The van der Waals surface area contributed by atoms with Crippen LogP contribution in [0.3, 0.4) is 0 Å². The molecule has 2 aromatic heterocycles. The van der Waals surface area contributed by atoms with E-state index in [-0.39, 0.29) is 5.41 Å². The Morgan fingerprint density at radius 2 is 1.04 bits per heavy atom. The zero-order chi connectivity index (χ0) is 36.0. The summed E-state index contributed by atoms with van der Waals surface area (Å²) in [4.78, 5) is 11.1. The summed E-state index contributed by atoms with van der Waals surface area (Å²) in [5.74, 6) is 0.659. The molecule has 3 heteroatoms. The smallest absolute Gasteiger partial charge is 0.235 e. The first kappa shape index (κ1) is 30.8. The maximum Gasteiger partial charge on any atom is 0.235 e. The number of benzene rings is 8. The van der Waals surface area contributed by atoms with Crippen molar-refractivity contribution < 1.29 is 0 Å². The van der Waals surface area contributed by atoms with Crippen LogP contribution in [0.5, 0.6) is 0 Å². The number of nitrogens with zero attached hydrogens (tertiary/aromatic N) is 3. The van der Waals surface area contributed by atoms with Gasteiger partial charge in [0.25, 0.3) is 0 Å². The van der Waals surface area contributed by atoms with E-state index in [2.05, 4.69) is 194 Å². The van der Waals surface area contributed by atoms with Crippen molar-refractivity contribution in [2.75, 3.05) is 0 Å². The minimum atomic E-state index is -0.0832. The third-order valence-corrected chi connectivity index (χ3v) is 11.6. The maximum atomic E-state index is 5.60. The second-order valence-electron chi connectivity index (χ2n) is 15.0. The number of hydrogen-bond donors (Lipinski definition) is 0. The van der Waals surface area contributed by atoms with Gasteiger partial charge >= 0.3 is 0 Å². The largest absolute Gasteiger partial charge is 0.278 e. The number of para-hydroxylation sites is 1. The van der Waals surface area contributed by atoms with Crippen molar-refractivity contribution >= 4 is 43.5 Å². The van der Waals surface area contributed by atoms with Crippen LogP contribution in [-0.4, -0.2) is 14.5 Å². The summed E-state index contributed by atoms with van der Waals surface area (Å²) in [5, 5.41) is 5.80. The fraction of sp³-hybridized carbons (Fsp3) is 0.0588. The summed E-state index contributed by atoms with van der Waals surface area (Å²) >= 11 is 0. The number of rotatable bonds is 4. The summed E-state index contributed by atoms with van der Waals surface area (Å²) in [6.45, 7) is 4.66. The molecule has 54 heavy (non-hydrogen) atoms. The Bertz CT molecular complexity index is 3120. The first-order valence-corrected chi connectivity index (χ1v) is 18.7. The van der Waals surface area contributed by atoms with Gasteiger partial charge in [-0.25, -0.2) is 9.97 Å². The van der Waals surface area contributed by atoms with Gasteiger partial charge in [0, 0.05) is 27.1 Å². The molecule has 0 unspecified atom stereocenters. The predicted octanol–water partition coefficient (Wildman–Crippen LogP) is 13.2. The minimum absolute atomic E-state index is 0.0832. The Morgan fingerprint density at radius 3 is 1.81 bits per heavy atom. The van der Waals surface area contributed by atoms with Gasteiger partial charge in [-0.2, -0.15) is 0 Å². The monoisotopic (exact) mass is 689 g/mol. The summed E-state index contributed by atoms with van der Waals surface area (Å²) in [6, 6.07) is 63.6. The van der Waals surface area contributed by atoms with E-state index in [1.165, 1.54) is 43.8 Å². The van der Waals surface area contributed by atoms with E-state index < -0.39 is 0 Å². The second-order valence-corrected chi connectivity index (χ2v) is 15.0. The molecule has 8 aromatic carbocycles. The lowest BCUT2D eigenvalue weighted by atomic mass is 9.82. The molecular formula is C51H35N3. The lowest BCUT2D eigenvalue weighted by Gasteiger charge is -2.21. The van der Waals surface area contributed by atoms with Gasteiger partial charge in [0.05, 0.1) is 22.2 Å². The van der Waals surface area contributed by atoms with Gasteiger partial charge in [-0.3, -0.25) is 4.57 Å². The second kappa shape index (κ2) is 11.6. The Kier molecular flexibility index (Phi) is 6.60. The average molecular weight is 690 g/mol. The van der Waals surface area contributed by atoms with Crippen LogP contribution in [0.1, 0.15) is 25.0 Å². The summed E-state index contributed by atoms with van der Waals surface area (Å²) in [6.07, 6.45) is 0. The van der Waals surface area contributed by atoms with Crippen LogP contribution in [0.25, 0.3) is 94.1 Å². The maximum absolute atomic E-state index is 5.60. The van der Waals surface area contributed by atoms with Crippen molar-refractivity contribution in [1.82, 2.24) is 14.5 Å². The van der Waals surface area contributed by atoms with Crippen molar-refractivity contribution in [2.45, 2.75) is 19.3 Å². The number of hydrogen-bond acceptors (Lipinski definition) is 2. The van der Waals surface area contributed by atoms with E-state index in [1.54, 1.807) is 0 Å². The molecule has 0 radical (unpaired) electrons. The first-order valence-electron chi connectivity index (χ1n) is 18.7. The van der Waals surface area contributed by atoms with Crippen LogP contribution in [0, 0.1) is 0 Å². The molecule has 0 saturated carbocycles. The topological polar surface area (TPSA) is 30.7 Å². The number of aromatic nitrogens is 3. The first-order chi connectivity index (χ1) is 26.5. The zero-order valence-corrected chi connectivity index (χ0v) is 30.1. The summed E-state index contributed by atoms with van der Waals surface area (Å²) in [7, 11) is 0. The third kappa shape index (κ3) is 4.55. The highest BCUT2D eigenvalue weighted by Crippen LogP contribution is 2.50. The SMILES string of the molecule is CC1(C)c2ccccc2-c2cc(-c3nc(-n4c5ccccc5c5cc6ccccc6cc54)nc4cc(-c5ccccc5)c(-c5ccccc5)cc34)ccc21. The van der Waals surface area contributed by atoms with Gasteiger partial charge in [0.15, 0.2) is 0 Å². The van der Waals surface area contributed by atoms with E-state index in [1.807, 2.05) is 0 Å². The molecule has 0 spiro atoms. The molecule has 0 atom stereocenters. The molecule has 1 aliphatic carbocycles. The van der Waals surface area contributed by atoms with Gasteiger partial charge in [0.2, 0.25) is 5.95 Å². The van der Waals surface area contributed by atoms with Gasteiger partial charge in [-0.15, -0.1) is 0 Å². The number of fused-ring (bicyclic) bond motifs is 8. The summed E-state index contributed by atoms with van der Waals surface area (Å²) < 4.78 is 2.26. The van der Waals surface area contributed by atoms with E-state index in [0.717, 1.165) is 55.4 Å². The fourth-order valence-electron chi connectivity index (χ4n) is 8.93. The van der Waals surface area contributed by atoms with Gasteiger partial charge < -0.3 is 0 Å². The van der Waals surface area contributed by atoms with Crippen molar-refractivity contribution in [3.8, 4) is 50.6 Å². The average Bonchev–Trinajstić information content (AvgIpc) is 3.67. The normalized spacial score (nSPS) is 13.1. The minimum Gasteiger partial charge on any atom is -0.278 e. The molecule has 254 valence electrons. The molecule has 10 aromatic rings. The Balaban J connectivity index is 1.26. The molecule has 3 nitrogen and oxygen atoms in total. The van der Waals surface area contributed by atoms with E-state index in [0.29, 0.717) is 5.95 Å². The van der Waals surface area contributed by atoms with Crippen LogP contribution in [0.2, 0.25) is 0 Å². The van der Waals surface area contributed by atoms with Crippen molar-refractivity contribution in [3.05, 3.63) is 187 Å². The molecule has 11 rings (SSSR count). The van der Waals surface area contributed by atoms with Crippen LogP contribution in [-0.2, 0) is 5.41 Å². The van der Waals surface area contributed by atoms with Gasteiger partial charge in [0.1, 0.15) is 0 Å². The van der Waals surface area contributed by atoms with Crippen molar-refractivity contribution in [2.24, 2.45) is 0 Å². The quantitative estimate of drug-likeness (QED) is 0.184.